The molecule has 414 valence electrons. The number of rotatable bonds is 25. The number of ether oxygens (including phenoxy) is 2. The molecule has 5 aromatic rings. The number of carbonyl (C=O) groups excluding carboxylic acids is 2. The van der Waals surface area contributed by atoms with Crippen LogP contribution in [0.4, 0.5) is 24.5 Å². The van der Waals surface area contributed by atoms with E-state index in [4.69, 9.17) is 25.4 Å². The van der Waals surface area contributed by atoms with E-state index < -0.39 is 24.7 Å². The van der Waals surface area contributed by atoms with Crippen molar-refractivity contribution in [1.29, 1.82) is 0 Å². The Labute approximate surface area is 464 Å². The number of hydrogen-bond acceptors (Lipinski definition) is 15. The lowest BCUT2D eigenvalue weighted by molar-refractivity contribution is -0.131. The van der Waals surface area contributed by atoms with Crippen LogP contribution >= 0.6 is 43.7 Å². The summed E-state index contributed by atoms with van der Waals surface area (Å²) in [6.45, 7) is 16.0. The van der Waals surface area contributed by atoms with Gasteiger partial charge < -0.3 is 33.6 Å². The van der Waals surface area contributed by atoms with Crippen molar-refractivity contribution in [3.8, 4) is 11.1 Å². The molecule has 3 unspecified atom stereocenters. The maximum Gasteiger partial charge on any atom is 0.475 e. The smallest absolute Gasteiger partial charge is 0.465 e. The molecule has 5 aromatic carbocycles. The zero-order valence-corrected chi connectivity index (χ0v) is 47.9. The summed E-state index contributed by atoms with van der Waals surface area (Å²) < 4.78 is 76.8. The average Bonchev–Trinajstić information content (AvgIpc) is 3.43. The first-order chi connectivity index (χ1) is 36.7. The van der Waals surface area contributed by atoms with Gasteiger partial charge in [-0.2, -0.15) is 13.2 Å². The summed E-state index contributed by atoms with van der Waals surface area (Å²) in [5, 5.41) is 4.09. The molecule has 2 saturated heterocycles. The quantitative estimate of drug-likeness (QED) is 0.0189. The number of anilines is 2. The van der Waals surface area contributed by atoms with Crippen LogP contribution in [0.25, 0.3) is 11.1 Å². The second-order valence-electron chi connectivity index (χ2n) is 17.7. The van der Waals surface area contributed by atoms with Crippen molar-refractivity contribution in [1.82, 2.24) is 19.4 Å². The molecular formula is C55H71ClF3N6O7PS3. The van der Waals surface area contributed by atoms with Crippen molar-refractivity contribution < 1.29 is 45.5 Å². The molecule has 2 fully saturated rings. The van der Waals surface area contributed by atoms with E-state index in [9.17, 15) is 27.0 Å². The molecule has 2 aliphatic rings. The highest BCUT2D eigenvalue weighted by Gasteiger charge is 2.39. The number of carbonyl (C=O) groups is 2. The molecule has 21 heteroatoms. The summed E-state index contributed by atoms with van der Waals surface area (Å²) in [5.41, 5.74) is 1.11. The molecule has 0 aliphatic carbocycles. The van der Waals surface area contributed by atoms with Gasteiger partial charge in [0.15, 0.2) is 26.0 Å². The van der Waals surface area contributed by atoms with Crippen LogP contribution in [0.5, 0.6) is 0 Å². The number of nitrogens with one attached hydrogen (secondary N) is 2. The summed E-state index contributed by atoms with van der Waals surface area (Å²) in [7, 11) is -0.925. The van der Waals surface area contributed by atoms with Gasteiger partial charge in [0.1, 0.15) is 6.29 Å². The molecule has 2 N–H and O–H groups in total. The molecule has 0 bridgehead atoms. The third kappa shape index (κ3) is 22.0. The van der Waals surface area contributed by atoms with Crippen molar-refractivity contribution in [3.05, 3.63) is 137 Å². The molecule has 13 nitrogen and oxygen atoms in total. The van der Waals surface area contributed by atoms with E-state index in [2.05, 4.69) is 70.8 Å². The Morgan fingerprint density at radius 2 is 1.46 bits per heavy atom. The first-order valence-electron chi connectivity index (χ1n) is 25.1. The van der Waals surface area contributed by atoms with Crippen LogP contribution in [-0.2, 0) is 40.7 Å². The van der Waals surface area contributed by atoms with Crippen molar-refractivity contribution in [2.75, 3.05) is 109 Å². The molecule has 2 aliphatic heterocycles. The van der Waals surface area contributed by atoms with Crippen LogP contribution in [0.15, 0.2) is 136 Å². The van der Waals surface area contributed by atoms with Gasteiger partial charge in [-0.1, -0.05) is 66.2 Å². The van der Waals surface area contributed by atoms with Crippen LogP contribution in [0, 0.1) is 0 Å². The molecule has 0 saturated carbocycles. The molecule has 3 atom stereocenters. The number of halogens is 4. The van der Waals surface area contributed by atoms with Gasteiger partial charge in [-0.15, -0.1) is 11.8 Å². The van der Waals surface area contributed by atoms with Gasteiger partial charge in [-0.05, 0) is 130 Å². The van der Waals surface area contributed by atoms with Gasteiger partial charge in [-0.3, -0.25) is 24.1 Å². The highest BCUT2D eigenvalue weighted by molar-refractivity contribution is 7.99. The van der Waals surface area contributed by atoms with E-state index in [1.54, 1.807) is 51.9 Å². The van der Waals surface area contributed by atoms with E-state index in [0.29, 0.717) is 30.1 Å². The van der Waals surface area contributed by atoms with Crippen molar-refractivity contribution in [2.45, 2.75) is 66.1 Å². The van der Waals surface area contributed by atoms with Crippen molar-refractivity contribution in [2.24, 2.45) is 0 Å². The molecule has 0 aromatic heterocycles. The van der Waals surface area contributed by atoms with Crippen LogP contribution in [0.3, 0.4) is 0 Å². The minimum absolute atomic E-state index is 0.0301. The molecule has 0 spiro atoms. The lowest BCUT2D eigenvalue weighted by Crippen LogP contribution is -2.47. The van der Waals surface area contributed by atoms with Gasteiger partial charge in [0.25, 0.3) is 6.47 Å². The maximum atomic E-state index is 13.6. The van der Waals surface area contributed by atoms with Crippen LogP contribution < -0.4 is 14.9 Å². The Morgan fingerprint density at radius 1 is 0.803 bits per heavy atom. The highest BCUT2D eigenvalue weighted by Crippen LogP contribution is 2.39. The summed E-state index contributed by atoms with van der Waals surface area (Å²) in [6.07, 6.45) is 2.36. The van der Waals surface area contributed by atoms with Gasteiger partial charge >= 0.3 is 5.51 Å². The lowest BCUT2D eigenvalue weighted by atomic mass is 9.99. The molecule has 0 radical (unpaired) electrons. The van der Waals surface area contributed by atoms with E-state index in [1.165, 1.54) is 40.4 Å². The van der Waals surface area contributed by atoms with E-state index in [1.807, 2.05) is 73.7 Å². The van der Waals surface area contributed by atoms with Gasteiger partial charge in [-0.25, -0.2) is 4.21 Å². The molecule has 7 rings (SSSR count). The highest BCUT2D eigenvalue weighted by atomic mass is 35.5. The summed E-state index contributed by atoms with van der Waals surface area (Å²) in [4.78, 5) is 31.2. The third-order valence-electron chi connectivity index (χ3n) is 12.0. The number of thioether (sulfide) groups is 1. The number of piperazine rings is 2. The Morgan fingerprint density at radius 3 is 2.07 bits per heavy atom. The van der Waals surface area contributed by atoms with E-state index in [-0.39, 0.29) is 29.5 Å². The Kier molecular flexibility index (Phi) is 28.1. The fraction of sp³-hybridized carbons (Fsp3) is 0.418. The first kappa shape index (κ1) is 62.8. The molecule has 2 heterocycles. The number of aldehydes is 1. The lowest BCUT2D eigenvalue weighted by Gasteiger charge is -2.36. The fourth-order valence-electron chi connectivity index (χ4n) is 8.09. The zero-order chi connectivity index (χ0) is 54.7. The second-order valence-corrected chi connectivity index (χ2v) is 23.3. The number of hydrogen-bond donors (Lipinski definition) is 2. The van der Waals surface area contributed by atoms with E-state index >= 15 is 0 Å². The number of benzene rings is 5. The summed E-state index contributed by atoms with van der Waals surface area (Å²) >= 11 is 8.87. The average molecular weight is 1150 g/mol. The van der Waals surface area contributed by atoms with Crippen LogP contribution in [0.2, 0.25) is 5.02 Å². The SMILES string of the molecule is CC(C)OC=O.CCOP(CN1CCN(CCC(CSc2ccccc2)Nc2ccc(SNC)cc2S(=O)C(F)(F)F)CC1)OCOC.O=Cc1ccc(N2CCN(Cc3ccccc3-c3ccc(Cl)cc3)CC2)cc1. The van der Waals surface area contributed by atoms with Gasteiger partial charge in [0.2, 0.25) is 0 Å². The van der Waals surface area contributed by atoms with Crippen molar-refractivity contribution >= 4 is 78.6 Å². The molecular weight excluding hydrogens is 1080 g/mol. The van der Waals surface area contributed by atoms with Crippen molar-refractivity contribution in [3.63, 3.8) is 0 Å². The van der Waals surface area contributed by atoms with Gasteiger partial charge in [0, 0.05) is 110 Å². The minimum Gasteiger partial charge on any atom is -0.465 e. The fourth-order valence-corrected chi connectivity index (χ4v) is 12.0. The Bertz CT molecular complexity index is 2480. The first-order valence-corrected chi connectivity index (χ1v) is 29.8. The number of methoxy groups -OCH3 is 1. The van der Waals surface area contributed by atoms with Crippen LogP contribution in [0.1, 0.15) is 43.1 Å². The second kappa shape index (κ2) is 34.0. The molecule has 76 heavy (non-hydrogen) atoms. The minimum atomic E-state index is -4.86. The molecule has 0 amide bonds. The topological polar surface area (TPSA) is 125 Å². The predicted octanol–water partition coefficient (Wildman–Crippen LogP) is 11.8. The number of nitrogens with zero attached hydrogens (tertiary/aromatic N) is 4. The third-order valence-corrected chi connectivity index (χ3v) is 16.8. The largest absolute Gasteiger partial charge is 0.475 e. The standard InChI is InChI=1S/C27H40F3N4O4PS3.C24H23ClN2O.C4H8O2/c1-4-37-39(38-21-36-3)20-34-16-14-33(15-17-34)13-12-22(19-40-23-8-6-5-7-9-23)32-25-11-10-24(41-31-2)18-26(25)42(35)27(28,29)30;25-22-9-7-20(8-10-22)24-4-2-1-3-21(24)17-26-13-15-27(16-14-26)23-11-5-19(18-28)6-12-23;1-4(2)6-3-5/h5-11,18,22,31-32H,4,12-17,19-21H2,1-3H3;1-12,18H,13-17H2;3-4H,1-2H3. The zero-order valence-electron chi connectivity index (χ0n) is 43.8. The van der Waals surface area contributed by atoms with Gasteiger partial charge in [0.05, 0.1) is 29.6 Å². The Hall–Kier alpha value is -4.08. The summed E-state index contributed by atoms with van der Waals surface area (Å²) in [6, 6.07) is 39.0. The normalized spacial score (nSPS) is 15.6. The maximum absolute atomic E-state index is 13.6. The Balaban J connectivity index is 0.000000268. The predicted molar refractivity (Wildman–Crippen MR) is 306 cm³/mol. The summed E-state index contributed by atoms with van der Waals surface area (Å²) in [5.74, 6) is 0.643. The number of alkyl halides is 3. The van der Waals surface area contributed by atoms with E-state index in [0.717, 1.165) is 93.5 Å². The monoisotopic (exact) mass is 1150 g/mol. The van der Waals surface area contributed by atoms with Crippen LogP contribution in [-0.4, -0.2) is 148 Å².